The molecule has 0 aliphatic rings. The highest BCUT2D eigenvalue weighted by molar-refractivity contribution is 7.99. The van der Waals surface area contributed by atoms with Crippen LogP contribution in [0.15, 0.2) is 0 Å². The minimum Gasteiger partial charge on any atom is -0.396 e. The smallest absolute Gasteiger partial charge is 0.232 e. The Morgan fingerprint density at radius 2 is 2.25 bits per heavy atom. The molecule has 0 atom stereocenters. The van der Waals surface area contributed by atoms with Gasteiger partial charge in [-0.05, 0) is 19.1 Å². The third-order valence-corrected chi connectivity index (χ3v) is 2.60. The van der Waals surface area contributed by atoms with Gasteiger partial charge in [-0.3, -0.25) is 4.79 Å². The second-order valence-corrected chi connectivity index (χ2v) is 3.64. The topological polar surface area (TPSA) is 40.5 Å². The van der Waals surface area contributed by atoms with Crippen LogP contribution in [0.25, 0.3) is 0 Å². The van der Waals surface area contributed by atoms with E-state index in [-0.39, 0.29) is 12.5 Å². The van der Waals surface area contributed by atoms with E-state index in [1.165, 1.54) is 0 Å². The summed E-state index contributed by atoms with van der Waals surface area (Å²) in [5, 5.41) is 8.48. The van der Waals surface area contributed by atoms with E-state index in [9.17, 15) is 4.79 Å². The Morgan fingerprint density at radius 1 is 1.58 bits per heavy atom. The molecule has 1 N–H and O–H groups in total. The Hall–Kier alpha value is -0.220. The quantitative estimate of drug-likeness (QED) is 0.624. The van der Waals surface area contributed by atoms with Crippen LogP contribution in [0.1, 0.15) is 13.3 Å². The van der Waals surface area contributed by atoms with Gasteiger partial charge in [0.2, 0.25) is 5.91 Å². The highest BCUT2D eigenvalue weighted by Gasteiger charge is 2.04. The molecule has 0 saturated heterocycles. The van der Waals surface area contributed by atoms with Crippen LogP contribution < -0.4 is 0 Å². The number of thioether (sulfide) groups is 1. The van der Waals surface area contributed by atoms with Crippen LogP contribution in [-0.2, 0) is 4.79 Å². The van der Waals surface area contributed by atoms with E-state index in [2.05, 4.69) is 0 Å². The van der Waals surface area contributed by atoms with Crippen molar-refractivity contribution in [2.45, 2.75) is 13.3 Å². The SMILES string of the molecule is CCN(C)C(=O)CSCCCO. The van der Waals surface area contributed by atoms with Crippen molar-refractivity contribution in [2.24, 2.45) is 0 Å². The zero-order valence-corrected chi connectivity index (χ0v) is 8.56. The summed E-state index contributed by atoms with van der Waals surface area (Å²) in [7, 11) is 1.80. The van der Waals surface area contributed by atoms with Gasteiger partial charge in [-0.1, -0.05) is 0 Å². The normalized spacial score (nSPS) is 9.92. The van der Waals surface area contributed by atoms with Crippen molar-refractivity contribution in [3.8, 4) is 0 Å². The number of carbonyl (C=O) groups excluding carboxylic acids is 1. The number of rotatable bonds is 6. The summed E-state index contributed by atoms with van der Waals surface area (Å²) in [5.74, 6) is 1.56. The van der Waals surface area contributed by atoms with E-state index >= 15 is 0 Å². The number of aliphatic hydroxyl groups excluding tert-OH is 1. The van der Waals surface area contributed by atoms with Crippen LogP contribution in [0.5, 0.6) is 0 Å². The van der Waals surface area contributed by atoms with E-state index in [0.717, 1.165) is 18.7 Å². The van der Waals surface area contributed by atoms with Gasteiger partial charge in [0.25, 0.3) is 0 Å². The summed E-state index contributed by atoms with van der Waals surface area (Å²) in [6.07, 6.45) is 0.772. The molecule has 0 saturated carbocycles. The third kappa shape index (κ3) is 5.43. The highest BCUT2D eigenvalue weighted by atomic mass is 32.2. The Labute approximate surface area is 78.1 Å². The van der Waals surface area contributed by atoms with Crippen molar-refractivity contribution in [3.05, 3.63) is 0 Å². The van der Waals surface area contributed by atoms with Crippen LogP contribution in [-0.4, -0.2) is 47.6 Å². The van der Waals surface area contributed by atoms with E-state index in [4.69, 9.17) is 5.11 Å². The van der Waals surface area contributed by atoms with Crippen LogP contribution in [0.4, 0.5) is 0 Å². The summed E-state index contributed by atoms with van der Waals surface area (Å²) in [6, 6.07) is 0. The lowest BCUT2D eigenvalue weighted by Crippen LogP contribution is -2.27. The van der Waals surface area contributed by atoms with Gasteiger partial charge in [0.1, 0.15) is 0 Å². The second-order valence-electron chi connectivity index (χ2n) is 2.54. The summed E-state index contributed by atoms with van der Waals surface area (Å²) >= 11 is 1.58. The van der Waals surface area contributed by atoms with Gasteiger partial charge < -0.3 is 10.0 Å². The first-order valence-corrected chi connectivity index (χ1v) is 5.30. The largest absolute Gasteiger partial charge is 0.396 e. The molecule has 0 radical (unpaired) electrons. The number of carbonyl (C=O) groups is 1. The number of hydrogen-bond donors (Lipinski definition) is 1. The molecular formula is C8H17NO2S. The first-order chi connectivity index (χ1) is 5.72. The van der Waals surface area contributed by atoms with Gasteiger partial charge in [-0.15, -0.1) is 0 Å². The number of nitrogens with zero attached hydrogens (tertiary/aromatic N) is 1. The van der Waals surface area contributed by atoms with Crippen molar-refractivity contribution in [1.29, 1.82) is 0 Å². The van der Waals surface area contributed by atoms with Gasteiger partial charge in [-0.2, -0.15) is 11.8 Å². The highest BCUT2D eigenvalue weighted by Crippen LogP contribution is 2.03. The average molecular weight is 191 g/mol. The Morgan fingerprint density at radius 3 is 2.75 bits per heavy atom. The summed E-state index contributed by atoms with van der Waals surface area (Å²) < 4.78 is 0. The maximum absolute atomic E-state index is 11.2. The third-order valence-electron chi connectivity index (χ3n) is 1.57. The van der Waals surface area contributed by atoms with Crippen molar-refractivity contribution < 1.29 is 9.90 Å². The van der Waals surface area contributed by atoms with Crippen molar-refractivity contribution in [1.82, 2.24) is 4.90 Å². The van der Waals surface area contributed by atoms with Crippen molar-refractivity contribution >= 4 is 17.7 Å². The lowest BCUT2D eigenvalue weighted by molar-refractivity contribution is -0.126. The number of amides is 1. The van der Waals surface area contributed by atoms with Gasteiger partial charge in [0, 0.05) is 20.2 Å². The number of aliphatic hydroxyl groups is 1. The summed E-state index contributed by atoms with van der Waals surface area (Å²) in [6.45, 7) is 2.93. The van der Waals surface area contributed by atoms with Crippen LogP contribution in [0.2, 0.25) is 0 Å². The number of hydrogen-bond acceptors (Lipinski definition) is 3. The predicted molar refractivity (Wildman–Crippen MR) is 52.3 cm³/mol. The Kier molecular flexibility index (Phi) is 7.29. The Bertz CT molecular complexity index is 130. The first kappa shape index (κ1) is 11.8. The monoisotopic (exact) mass is 191 g/mol. The summed E-state index contributed by atoms with van der Waals surface area (Å²) in [4.78, 5) is 12.9. The van der Waals surface area contributed by atoms with Crippen LogP contribution in [0.3, 0.4) is 0 Å². The molecule has 0 fully saturated rings. The minimum atomic E-state index is 0.167. The molecule has 1 amide bonds. The molecule has 0 aliphatic carbocycles. The molecule has 0 aromatic carbocycles. The molecule has 0 aromatic rings. The second kappa shape index (κ2) is 7.43. The van der Waals surface area contributed by atoms with Crippen molar-refractivity contribution in [2.75, 3.05) is 31.7 Å². The minimum absolute atomic E-state index is 0.167. The maximum Gasteiger partial charge on any atom is 0.232 e. The molecule has 0 rings (SSSR count). The predicted octanol–water partition coefficient (Wildman–Crippen LogP) is 0.580. The molecular weight excluding hydrogens is 174 g/mol. The molecule has 72 valence electrons. The fourth-order valence-corrected chi connectivity index (χ4v) is 1.49. The molecule has 12 heavy (non-hydrogen) atoms. The van der Waals surface area contributed by atoms with E-state index in [0.29, 0.717) is 5.75 Å². The molecule has 0 bridgehead atoms. The van der Waals surface area contributed by atoms with Crippen LogP contribution in [0, 0.1) is 0 Å². The first-order valence-electron chi connectivity index (χ1n) is 4.15. The van der Waals surface area contributed by atoms with E-state index in [1.54, 1.807) is 23.7 Å². The van der Waals surface area contributed by atoms with Crippen molar-refractivity contribution in [3.63, 3.8) is 0 Å². The Balaban J connectivity index is 3.31. The average Bonchev–Trinajstić information content (AvgIpc) is 2.10. The van der Waals surface area contributed by atoms with E-state index in [1.807, 2.05) is 6.92 Å². The fourth-order valence-electron chi connectivity index (χ4n) is 0.613. The van der Waals surface area contributed by atoms with E-state index < -0.39 is 0 Å². The van der Waals surface area contributed by atoms with Gasteiger partial charge in [-0.25, -0.2) is 0 Å². The molecule has 3 nitrogen and oxygen atoms in total. The lowest BCUT2D eigenvalue weighted by atomic mass is 10.5. The zero-order chi connectivity index (χ0) is 9.40. The molecule has 4 heteroatoms. The standard InChI is InChI=1S/C8H17NO2S/c1-3-9(2)8(11)7-12-6-4-5-10/h10H,3-7H2,1-2H3. The molecule has 0 aliphatic heterocycles. The molecule has 0 heterocycles. The fraction of sp³-hybridized carbons (Fsp3) is 0.875. The van der Waals surface area contributed by atoms with Gasteiger partial charge in [0.15, 0.2) is 0 Å². The zero-order valence-electron chi connectivity index (χ0n) is 7.75. The van der Waals surface area contributed by atoms with Gasteiger partial charge in [0.05, 0.1) is 5.75 Å². The summed E-state index contributed by atoms with van der Waals surface area (Å²) in [5.41, 5.74) is 0. The maximum atomic E-state index is 11.2. The molecule has 0 unspecified atom stereocenters. The molecule has 0 spiro atoms. The van der Waals surface area contributed by atoms with Crippen LogP contribution >= 0.6 is 11.8 Å². The molecule has 0 aromatic heterocycles. The van der Waals surface area contributed by atoms with Gasteiger partial charge >= 0.3 is 0 Å². The lowest BCUT2D eigenvalue weighted by Gasteiger charge is -2.13.